The Morgan fingerprint density at radius 2 is 2.05 bits per heavy atom. The lowest BCUT2D eigenvalue weighted by molar-refractivity contribution is -0.149. The molecule has 1 atom stereocenters. The first-order valence-electron chi connectivity index (χ1n) is 6.26. The molecule has 3 N–H and O–H groups in total. The number of para-hydroxylation sites is 1. The fourth-order valence-electron chi connectivity index (χ4n) is 2.08. The van der Waals surface area contributed by atoms with Gasteiger partial charge in [-0.3, -0.25) is 4.79 Å². The fraction of sp³-hybridized carbons (Fsp3) is 0.143. The van der Waals surface area contributed by atoms with Crippen LogP contribution in [0.25, 0.3) is 10.9 Å². The van der Waals surface area contributed by atoms with Crippen molar-refractivity contribution in [3.8, 4) is 0 Å². The molecule has 8 heteroatoms. The number of hydrogen-bond donors (Lipinski definition) is 2. The lowest BCUT2D eigenvalue weighted by atomic mass is 10.1. The summed E-state index contributed by atoms with van der Waals surface area (Å²) in [6, 6.07) is 4.97. The van der Waals surface area contributed by atoms with E-state index in [0.717, 1.165) is 16.9 Å². The Hall–Kier alpha value is -2.19. The second-order valence-electron chi connectivity index (χ2n) is 4.67. The molecule has 3 aromatic rings. The Kier molecular flexibility index (Phi) is 3.50. The number of nitrogens with one attached hydrogen (secondary N) is 1. The molecule has 2 heterocycles. The van der Waals surface area contributed by atoms with Crippen LogP contribution in [-0.4, -0.2) is 21.9 Å². The van der Waals surface area contributed by atoms with Crippen LogP contribution in [0.4, 0.5) is 13.2 Å². The minimum absolute atomic E-state index is 0.0144. The number of carbonyl (C=O) groups is 1. The smallest absolute Gasteiger partial charge is 0.360 e. The molecule has 0 spiro atoms. The molecule has 4 nitrogen and oxygen atoms in total. The van der Waals surface area contributed by atoms with Crippen molar-refractivity contribution in [1.82, 2.24) is 9.97 Å². The van der Waals surface area contributed by atoms with Crippen molar-refractivity contribution < 1.29 is 18.0 Å². The molecule has 3 rings (SSSR count). The number of halogens is 3. The average molecular weight is 325 g/mol. The molecular formula is C14H10F3N3OS. The summed E-state index contributed by atoms with van der Waals surface area (Å²) in [7, 11) is 0. The first-order valence-corrected chi connectivity index (χ1v) is 7.14. The van der Waals surface area contributed by atoms with Crippen LogP contribution in [-0.2, 0) is 0 Å². The molecule has 0 unspecified atom stereocenters. The van der Waals surface area contributed by atoms with Gasteiger partial charge >= 0.3 is 6.18 Å². The van der Waals surface area contributed by atoms with Crippen LogP contribution in [0.1, 0.15) is 27.1 Å². The van der Waals surface area contributed by atoms with E-state index in [0.29, 0.717) is 10.9 Å². The highest BCUT2D eigenvalue weighted by atomic mass is 32.1. The zero-order chi connectivity index (χ0) is 15.9. The predicted octanol–water partition coefficient (Wildman–Crippen LogP) is 3.42. The lowest BCUT2D eigenvalue weighted by Crippen LogP contribution is -2.28. The number of nitrogens with two attached hydrogens (primary N) is 1. The van der Waals surface area contributed by atoms with E-state index in [1.807, 2.05) is 6.07 Å². The van der Waals surface area contributed by atoms with Gasteiger partial charge in [-0.2, -0.15) is 13.2 Å². The number of aromatic nitrogens is 2. The zero-order valence-corrected chi connectivity index (χ0v) is 11.8. The summed E-state index contributed by atoms with van der Waals surface area (Å²) >= 11 is 0.854. The van der Waals surface area contributed by atoms with Gasteiger partial charge in [0, 0.05) is 22.5 Å². The van der Waals surface area contributed by atoms with Gasteiger partial charge < -0.3 is 10.7 Å². The number of fused-ring (bicyclic) bond motifs is 1. The van der Waals surface area contributed by atoms with Gasteiger partial charge in [0.05, 0.1) is 11.3 Å². The van der Waals surface area contributed by atoms with Crippen molar-refractivity contribution in [3.63, 3.8) is 0 Å². The third-order valence-electron chi connectivity index (χ3n) is 3.22. The first-order chi connectivity index (χ1) is 10.4. The summed E-state index contributed by atoms with van der Waals surface area (Å²) in [6.07, 6.45) is -3.06. The SMILES string of the molecule is N[C@@H](c1csc(C(=O)c2c[nH]c3ccccc23)n1)C(F)(F)F. The highest BCUT2D eigenvalue weighted by Gasteiger charge is 2.39. The highest BCUT2D eigenvalue weighted by Crippen LogP contribution is 2.31. The number of carbonyl (C=O) groups excluding carboxylic acids is 1. The number of hydrogen-bond acceptors (Lipinski definition) is 4. The van der Waals surface area contributed by atoms with Crippen LogP contribution >= 0.6 is 11.3 Å². The van der Waals surface area contributed by atoms with Crippen molar-refractivity contribution in [3.05, 3.63) is 52.1 Å². The molecule has 0 bridgehead atoms. The summed E-state index contributed by atoms with van der Waals surface area (Å²) < 4.78 is 37.7. The number of aromatic amines is 1. The van der Waals surface area contributed by atoms with Gasteiger partial charge in [0.15, 0.2) is 5.01 Å². The third-order valence-corrected chi connectivity index (χ3v) is 4.08. The van der Waals surface area contributed by atoms with E-state index in [1.165, 1.54) is 11.6 Å². The Bertz CT molecular complexity index is 837. The quantitative estimate of drug-likeness (QED) is 0.725. The second-order valence-corrected chi connectivity index (χ2v) is 5.53. The van der Waals surface area contributed by atoms with Crippen LogP contribution in [0.15, 0.2) is 35.8 Å². The average Bonchev–Trinajstić information content (AvgIpc) is 3.12. The molecule has 0 radical (unpaired) electrons. The topological polar surface area (TPSA) is 71.8 Å². The monoisotopic (exact) mass is 325 g/mol. The molecular weight excluding hydrogens is 315 g/mol. The van der Waals surface area contributed by atoms with Gasteiger partial charge in [-0.05, 0) is 6.07 Å². The number of ketones is 1. The van der Waals surface area contributed by atoms with Crippen molar-refractivity contribution in [2.24, 2.45) is 5.73 Å². The van der Waals surface area contributed by atoms with E-state index >= 15 is 0 Å². The minimum Gasteiger partial charge on any atom is -0.360 e. The summed E-state index contributed by atoms with van der Waals surface area (Å²) in [6.45, 7) is 0. The van der Waals surface area contributed by atoms with Gasteiger partial charge in [0.2, 0.25) is 5.78 Å². The number of alkyl halides is 3. The Balaban J connectivity index is 1.95. The number of nitrogens with zero attached hydrogens (tertiary/aromatic N) is 1. The van der Waals surface area contributed by atoms with E-state index in [2.05, 4.69) is 9.97 Å². The van der Waals surface area contributed by atoms with Gasteiger partial charge in [0.1, 0.15) is 6.04 Å². The predicted molar refractivity (Wildman–Crippen MR) is 76.8 cm³/mol. The number of thiazole rings is 1. The maximum Gasteiger partial charge on any atom is 0.409 e. The Morgan fingerprint density at radius 1 is 1.32 bits per heavy atom. The largest absolute Gasteiger partial charge is 0.409 e. The number of H-pyrrole nitrogens is 1. The summed E-state index contributed by atoms with van der Waals surface area (Å²) in [5, 5.41) is 1.85. The van der Waals surface area contributed by atoms with Gasteiger partial charge in [-0.1, -0.05) is 18.2 Å². The van der Waals surface area contributed by atoms with E-state index in [4.69, 9.17) is 5.73 Å². The molecule has 0 amide bonds. The van der Waals surface area contributed by atoms with Crippen LogP contribution in [0.5, 0.6) is 0 Å². The standard InChI is InChI=1S/C14H10F3N3OS/c15-14(16,17)12(18)10-6-22-13(20-10)11(21)8-5-19-9-4-2-1-3-7(8)9/h1-6,12,19H,18H2/t12-/m0/s1. The first kappa shape index (κ1) is 14.7. The molecule has 0 aliphatic carbocycles. The van der Waals surface area contributed by atoms with Crippen molar-refractivity contribution in [1.29, 1.82) is 0 Å². The van der Waals surface area contributed by atoms with Gasteiger partial charge in [0.25, 0.3) is 0 Å². The Labute approximate surface area is 126 Å². The molecule has 0 fully saturated rings. The van der Waals surface area contributed by atoms with Crippen molar-refractivity contribution in [2.75, 3.05) is 0 Å². The molecule has 0 saturated heterocycles. The van der Waals surface area contributed by atoms with Crippen LogP contribution in [0.2, 0.25) is 0 Å². The van der Waals surface area contributed by atoms with E-state index in [1.54, 1.807) is 18.2 Å². The number of rotatable bonds is 3. The lowest BCUT2D eigenvalue weighted by Gasteiger charge is -2.12. The molecule has 0 aliphatic rings. The van der Waals surface area contributed by atoms with Gasteiger partial charge in [-0.15, -0.1) is 11.3 Å². The molecule has 0 saturated carbocycles. The van der Waals surface area contributed by atoms with Crippen molar-refractivity contribution >= 4 is 28.0 Å². The minimum atomic E-state index is -4.59. The summed E-state index contributed by atoms with van der Waals surface area (Å²) in [5.41, 5.74) is 5.89. The normalized spacial score (nSPS) is 13.5. The van der Waals surface area contributed by atoms with E-state index in [-0.39, 0.29) is 10.7 Å². The Morgan fingerprint density at radius 3 is 2.77 bits per heavy atom. The molecule has 0 aliphatic heterocycles. The molecule has 22 heavy (non-hydrogen) atoms. The summed E-state index contributed by atoms with van der Waals surface area (Å²) in [4.78, 5) is 19.1. The molecule has 114 valence electrons. The second kappa shape index (κ2) is 5.22. The fourth-order valence-corrected chi connectivity index (χ4v) is 2.88. The van der Waals surface area contributed by atoms with E-state index < -0.39 is 18.0 Å². The van der Waals surface area contributed by atoms with Crippen LogP contribution < -0.4 is 5.73 Å². The van der Waals surface area contributed by atoms with Crippen LogP contribution in [0, 0.1) is 0 Å². The van der Waals surface area contributed by atoms with Gasteiger partial charge in [-0.25, -0.2) is 4.98 Å². The third kappa shape index (κ3) is 2.51. The summed E-state index contributed by atoms with van der Waals surface area (Å²) in [5.74, 6) is -0.428. The van der Waals surface area contributed by atoms with E-state index in [9.17, 15) is 18.0 Å². The zero-order valence-electron chi connectivity index (χ0n) is 11.0. The molecule has 1 aromatic carbocycles. The number of benzene rings is 1. The highest BCUT2D eigenvalue weighted by molar-refractivity contribution is 7.12. The van der Waals surface area contributed by atoms with Crippen molar-refractivity contribution in [2.45, 2.75) is 12.2 Å². The molecule has 2 aromatic heterocycles. The maximum absolute atomic E-state index is 12.6. The maximum atomic E-state index is 12.6. The van der Waals surface area contributed by atoms with Crippen LogP contribution in [0.3, 0.4) is 0 Å².